The second-order valence-electron chi connectivity index (χ2n) is 6.36. The molecule has 0 spiro atoms. The fourth-order valence-corrected chi connectivity index (χ4v) is 2.08. The highest BCUT2D eigenvalue weighted by atomic mass is 28.4. The first-order chi connectivity index (χ1) is 8.63. The summed E-state index contributed by atoms with van der Waals surface area (Å²) in [6.07, 6.45) is 3.70. The van der Waals surface area contributed by atoms with Crippen LogP contribution in [0.1, 0.15) is 43.6 Å². The molecular weight excluding hydrogens is 252 g/mol. The predicted octanol–water partition coefficient (Wildman–Crippen LogP) is 4.88. The van der Waals surface area contributed by atoms with E-state index in [9.17, 15) is 4.79 Å². The molecule has 1 aromatic carbocycles. The Hall–Kier alpha value is -1.35. The molecule has 2 nitrogen and oxygen atoms in total. The van der Waals surface area contributed by atoms with E-state index in [0.29, 0.717) is 0 Å². The monoisotopic (exact) mass is 276 g/mol. The topological polar surface area (TPSA) is 26.3 Å². The predicted molar refractivity (Wildman–Crippen MR) is 83.8 cm³/mol. The van der Waals surface area contributed by atoms with Gasteiger partial charge in [-0.2, -0.15) is 0 Å². The minimum absolute atomic E-state index is 0.0839. The molecule has 0 saturated heterocycles. The summed E-state index contributed by atoms with van der Waals surface area (Å²) < 4.78 is 5.97. The zero-order valence-corrected chi connectivity index (χ0v) is 13.8. The van der Waals surface area contributed by atoms with Crippen LogP contribution in [0, 0.1) is 0 Å². The van der Waals surface area contributed by atoms with Crippen LogP contribution in [0.25, 0.3) is 6.08 Å². The van der Waals surface area contributed by atoms with Crippen LogP contribution < -0.4 is 0 Å². The second kappa shape index (κ2) is 5.74. The molecule has 0 radical (unpaired) electrons. The summed E-state index contributed by atoms with van der Waals surface area (Å²) >= 11 is 0. The van der Waals surface area contributed by atoms with Crippen LogP contribution >= 0.6 is 0 Å². The van der Waals surface area contributed by atoms with E-state index in [2.05, 4.69) is 33.9 Å². The third-order valence-electron chi connectivity index (χ3n) is 3.72. The van der Waals surface area contributed by atoms with Gasteiger partial charge in [-0.1, -0.05) is 39.0 Å². The van der Waals surface area contributed by atoms with Gasteiger partial charge in [-0.25, -0.2) is 0 Å². The van der Waals surface area contributed by atoms with Gasteiger partial charge in [0.1, 0.15) is 0 Å². The van der Waals surface area contributed by atoms with Crippen molar-refractivity contribution in [3.63, 3.8) is 0 Å². The first-order valence-electron chi connectivity index (χ1n) is 6.59. The fourth-order valence-electron chi connectivity index (χ4n) is 1.32. The Morgan fingerprint density at radius 3 is 2.42 bits per heavy atom. The van der Waals surface area contributed by atoms with Crippen LogP contribution in [0.5, 0.6) is 0 Å². The number of hydrogen-bond donors (Lipinski definition) is 0. The maximum absolute atomic E-state index is 11.3. The van der Waals surface area contributed by atoms with Gasteiger partial charge in [-0.15, -0.1) is 0 Å². The van der Waals surface area contributed by atoms with Crippen molar-refractivity contribution in [1.29, 1.82) is 0 Å². The summed E-state index contributed by atoms with van der Waals surface area (Å²) in [5.41, 5.74) is 1.72. The average molecular weight is 276 g/mol. The van der Waals surface area contributed by atoms with Crippen molar-refractivity contribution in [3.8, 4) is 0 Å². The van der Waals surface area contributed by atoms with Crippen LogP contribution in [0.2, 0.25) is 18.1 Å². The van der Waals surface area contributed by atoms with E-state index in [1.807, 2.05) is 30.3 Å². The highest BCUT2D eigenvalue weighted by Gasteiger charge is 2.37. The Labute approximate surface area is 117 Å². The molecule has 0 fully saturated rings. The molecule has 0 amide bonds. The van der Waals surface area contributed by atoms with Crippen LogP contribution in [0.15, 0.2) is 30.5 Å². The van der Waals surface area contributed by atoms with E-state index in [1.54, 1.807) is 13.2 Å². The van der Waals surface area contributed by atoms with Gasteiger partial charge in [0.2, 0.25) is 8.32 Å². The lowest BCUT2D eigenvalue weighted by molar-refractivity contribution is 0.101. The summed E-state index contributed by atoms with van der Waals surface area (Å²) in [7, 11) is -1.75. The largest absolute Gasteiger partial charge is 0.549 e. The lowest BCUT2D eigenvalue weighted by Gasteiger charge is -2.34. The molecule has 0 atom stereocenters. The van der Waals surface area contributed by atoms with E-state index in [0.717, 1.165) is 11.1 Å². The number of rotatable bonds is 4. The first kappa shape index (κ1) is 15.7. The summed E-state index contributed by atoms with van der Waals surface area (Å²) in [4.78, 5) is 11.3. The lowest BCUT2D eigenvalue weighted by Crippen LogP contribution is -2.39. The SMILES string of the molecule is CC(=O)c1cccc(C=CO[Si](C)(C)C(C)(C)C)c1. The van der Waals surface area contributed by atoms with Gasteiger partial charge in [0.25, 0.3) is 0 Å². The normalized spacial score (nSPS) is 12.7. The molecule has 104 valence electrons. The zero-order valence-electron chi connectivity index (χ0n) is 12.8. The van der Waals surface area contributed by atoms with Crippen LogP contribution in [-0.4, -0.2) is 14.1 Å². The highest BCUT2D eigenvalue weighted by Crippen LogP contribution is 2.36. The molecule has 3 heteroatoms. The number of carbonyl (C=O) groups is 1. The van der Waals surface area contributed by atoms with Crippen molar-refractivity contribution in [2.75, 3.05) is 0 Å². The van der Waals surface area contributed by atoms with Gasteiger partial charge < -0.3 is 4.43 Å². The molecule has 1 aromatic rings. The molecule has 0 aliphatic heterocycles. The average Bonchev–Trinajstić information content (AvgIpc) is 2.27. The van der Waals surface area contributed by atoms with Gasteiger partial charge in [0.15, 0.2) is 5.78 Å². The number of benzene rings is 1. The maximum atomic E-state index is 11.3. The molecule has 1 rings (SSSR count). The van der Waals surface area contributed by atoms with Crippen molar-refractivity contribution in [1.82, 2.24) is 0 Å². The molecule has 0 bridgehead atoms. The van der Waals surface area contributed by atoms with Crippen molar-refractivity contribution in [2.45, 2.75) is 45.8 Å². The summed E-state index contributed by atoms with van der Waals surface area (Å²) in [5, 5.41) is 0.193. The van der Waals surface area contributed by atoms with E-state index in [4.69, 9.17) is 4.43 Å². The van der Waals surface area contributed by atoms with Crippen molar-refractivity contribution in [2.24, 2.45) is 0 Å². The van der Waals surface area contributed by atoms with E-state index in [-0.39, 0.29) is 10.8 Å². The zero-order chi connectivity index (χ0) is 14.7. The Morgan fingerprint density at radius 2 is 1.89 bits per heavy atom. The molecule has 0 N–H and O–H groups in total. The molecule has 0 aromatic heterocycles. The van der Waals surface area contributed by atoms with Gasteiger partial charge in [0.05, 0.1) is 6.26 Å². The number of carbonyl (C=O) groups excluding carboxylic acids is 1. The Kier molecular flexibility index (Phi) is 4.74. The third-order valence-corrected chi connectivity index (χ3v) is 8.06. The molecule has 0 heterocycles. The van der Waals surface area contributed by atoms with E-state index in [1.165, 1.54) is 0 Å². The van der Waals surface area contributed by atoms with E-state index >= 15 is 0 Å². The van der Waals surface area contributed by atoms with Crippen molar-refractivity contribution >= 4 is 20.2 Å². The molecular formula is C16H24O2Si. The quantitative estimate of drug-likeness (QED) is 0.445. The first-order valence-corrected chi connectivity index (χ1v) is 9.50. The lowest BCUT2D eigenvalue weighted by atomic mass is 10.1. The molecule has 0 aliphatic carbocycles. The highest BCUT2D eigenvalue weighted by molar-refractivity contribution is 6.74. The van der Waals surface area contributed by atoms with Gasteiger partial charge >= 0.3 is 0 Å². The van der Waals surface area contributed by atoms with Crippen molar-refractivity contribution in [3.05, 3.63) is 41.7 Å². The van der Waals surface area contributed by atoms with Crippen molar-refractivity contribution < 1.29 is 9.22 Å². The standard InChI is InChI=1S/C16H24O2Si/c1-13(17)15-9-7-8-14(12-15)10-11-18-19(5,6)16(2,3)4/h7-12H,1-6H3. The Bertz CT molecular complexity index is 482. The smallest absolute Gasteiger partial charge is 0.249 e. The number of Topliss-reactive ketones (excluding diaryl/α,β-unsaturated/α-hetero) is 1. The number of hydrogen-bond acceptors (Lipinski definition) is 2. The van der Waals surface area contributed by atoms with Crippen LogP contribution in [-0.2, 0) is 4.43 Å². The third kappa shape index (κ3) is 4.35. The molecule has 0 aliphatic rings. The fraction of sp³-hybridized carbons (Fsp3) is 0.438. The second-order valence-corrected chi connectivity index (χ2v) is 11.1. The van der Waals surface area contributed by atoms with E-state index < -0.39 is 8.32 Å². The molecule has 19 heavy (non-hydrogen) atoms. The summed E-state index contributed by atoms with van der Waals surface area (Å²) in [6.45, 7) is 12.6. The molecule has 0 unspecified atom stereocenters. The van der Waals surface area contributed by atoms with Gasteiger partial charge in [-0.05, 0) is 42.8 Å². The minimum Gasteiger partial charge on any atom is -0.549 e. The Morgan fingerprint density at radius 1 is 1.26 bits per heavy atom. The summed E-state index contributed by atoms with van der Waals surface area (Å²) in [6, 6.07) is 7.57. The maximum Gasteiger partial charge on any atom is 0.249 e. The number of ketones is 1. The Balaban J connectivity index is 2.78. The molecule has 0 saturated carbocycles. The van der Waals surface area contributed by atoms with Crippen LogP contribution in [0.3, 0.4) is 0 Å². The van der Waals surface area contributed by atoms with Crippen LogP contribution in [0.4, 0.5) is 0 Å². The van der Waals surface area contributed by atoms with Gasteiger partial charge in [0, 0.05) is 5.56 Å². The van der Waals surface area contributed by atoms with Gasteiger partial charge in [-0.3, -0.25) is 4.79 Å². The minimum atomic E-state index is -1.75. The summed E-state index contributed by atoms with van der Waals surface area (Å²) in [5.74, 6) is 0.0839.